The maximum Gasteiger partial charge on any atom is 0.0950 e. The van der Waals surface area contributed by atoms with Crippen LogP contribution in [0.3, 0.4) is 0 Å². The zero-order valence-electron chi connectivity index (χ0n) is 8.34. The number of nitrogens with zero attached hydrogens (tertiary/aromatic N) is 2. The van der Waals surface area contributed by atoms with Gasteiger partial charge >= 0.3 is 0 Å². The summed E-state index contributed by atoms with van der Waals surface area (Å²) in [6.07, 6.45) is 0.566. The monoisotopic (exact) mass is 215 g/mol. The summed E-state index contributed by atoms with van der Waals surface area (Å²) < 4.78 is 1.74. The summed E-state index contributed by atoms with van der Waals surface area (Å²) in [4.78, 5) is 0. The van der Waals surface area contributed by atoms with Gasteiger partial charge in [-0.3, -0.25) is 4.68 Å². The molecule has 1 aromatic heterocycles. The van der Waals surface area contributed by atoms with E-state index in [0.717, 1.165) is 11.4 Å². The van der Waals surface area contributed by atoms with Crippen LogP contribution in [0.25, 0.3) is 0 Å². The second kappa shape index (κ2) is 3.22. The molecule has 78 valence electrons. The molecule has 1 aromatic rings. The molecule has 0 aliphatic carbocycles. The van der Waals surface area contributed by atoms with Crippen molar-refractivity contribution in [1.82, 2.24) is 15.1 Å². The third kappa shape index (κ3) is 1.54. The van der Waals surface area contributed by atoms with Crippen LogP contribution in [0.15, 0.2) is 0 Å². The van der Waals surface area contributed by atoms with Crippen molar-refractivity contribution in [2.24, 2.45) is 7.05 Å². The molecule has 0 spiro atoms. The first kappa shape index (κ1) is 9.96. The minimum absolute atomic E-state index is 0.566. The van der Waals surface area contributed by atoms with Crippen LogP contribution >= 0.6 is 11.6 Å². The minimum Gasteiger partial charge on any atom is -0.387 e. The van der Waals surface area contributed by atoms with Crippen molar-refractivity contribution in [3.8, 4) is 0 Å². The number of rotatable bonds is 2. The van der Waals surface area contributed by atoms with Crippen LogP contribution in [0, 0.1) is 6.92 Å². The highest BCUT2D eigenvalue weighted by molar-refractivity contribution is 6.31. The first-order valence-electron chi connectivity index (χ1n) is 4.63. The Morgan fingerprint density at radius 3 is 2.64 bits per heavy atom. The molecular formula is C9H14ClN3O. The lowest BCUT2D eigenvalue weighted by Gasteiger charge is -2.37. The second-order valence-electron chi connectivity index (χ2n) is 3.97. The highest BCUT2D eigenvalue weighted by Crippen LogP contribution is 2.25. The van der Waals surface area contributed by atoms with Gasteiger partial charge in [-0.05, 0) is 6.92 Å². The molecule has 0 radical (unpaired) electrons. The normalized spacial score (nSPS) is 19.4. The molecule has 0 atom stereocenters. The molecule has 1 fully saturated rings. The Morgan fingerprint density at radius 1 is 1.64 bits per heavy atom. The fourth-order valence-electron chi connectivity index (χ4n) is 1.72. The van der Waals surface area contributed by atoms with Crippen LogP contribution in [0.4, 0.5) is 0 Å². The molecule has 1 saturated heterocycles. The molecule has 5 heteroatoms. The van der Waals surface area contributed by atoms with Crippen LogP contribution in [-0.4, -0.2) is 33.6 Å². The molecule has 0 saturated carbocycles. The Balaban J connectivity index is 2.23. The van der Waals surface area contributed by atoms with E-state index >= 15 is 0 Å². The molecule has 0 aromatic carbocycles. The summed E-state index contributed by atoms with van der Waals surface area (Å²) in [5.74, 6) is 0. The van der Waals surface area contributed by atoms with Crippen molar-refractivity contribution in [2.75, 3.05) is 13.1 Å². The highest BCUT2D eigenvalue weighted by Gasteiger charge is 2.36. The van der Waals surface area contributed by atoms with E-state index in [0.29, 0.717) is 24.5 Å². The zero-order chi connectivity index (χ0) is 10.3. The van der Waals surface area contributed by atoms with Crippen LogP contribution in [-0.2, 0) is 13.5 Å². The van der Waals surface area contributed by atoms with Crippen LogP contribution in [0.5, 0.6) is 0 Å². The van der Waals surface area contributed by atoms with Gasteiger partial charge in [0.25, 0.3) is 0 Å². The lowest BCUT2D eigenvalue weighted by molar-refractivity contribution is -0.0105. The third-order valence-electron chi connectivity index (χ3n) is 2.67. The third-order valence-corrected chi connectivity index (χ3v) is 3.16. The second-order valence-corrected chi connectivity index (χ2v) is 4.35. The SMILES string of the molecule is Cc1nn(C)c(CC2(O)CNC2)c1Cl. The van der Waals surface area contributed by atoms with Gasteiger partial charge in [-0.2, -0.15) is 5.10 Å². The Labute approximate surface area is 87.9 Å². The summed E-state index contributed by atoms with van der Waals surface area (Å²) in [5.41, 5.74) is 1.09. The van der Waals surface area contributed by atoms with Crippen LogP contribution < -0.4 is 5.32 Å². The number of β-amino-alcohol motifs (C(OH)–C–C–N with tert-alkyl or cyclic N) is 1. The molecular weight excluding hydrogens is 202 g/mol. The number of halogens is 1. The Morgan fingerprint density at radius 2 is 2.29 bits per heavy atom. The number of nitrogens with one attached hydrogen (secondary N) is 1. The van der Waals surface area contributed by atoms with Crippen LogP contribution in [0.1, 0.15) is 11.4 Å². The molecule has 0 amide bonds. The van der Waals surface area contributed by atoms with Gasteiger partial charge in [0, 0.05) is 26.6 Å². The number of aromatic nitrogens is 2. The molecule has 2 rings (SSSR count). The number of hydrogen-bond donors (Lipinski definition) is 2. The van der Waals surface area contributed by atoms with Gasteiger partial charge in [0.1, 0.15) is 0 Å². The van der Waals surface area contributed by atoms with Crippen molar-refractivity contribution >= 4 is 11.6 Å². The molecule has 2 N–H and O–H groups in total. The standard InChI is InChI=1S/C9H14ClN3O/c1-6-8(10)7(13(2)12-6)3-9(14)4-11-5-9/h11,14H,3-5H2,1-2H3. The largest absolute Gasteiger partial charge is 0.387 e. The molecule has 0 unspecified atom stereocenters. The van der Waals surface area contributed by atoms with Crippen molar-refractivity contribution in [2.45, 2.75) is 18.9 Å². The smallest absolute Gasteiger partial charge is 0.0950 e. The Hall–Kier alpha value is -0.580. The van der Waals surface area contributed by atoms with E-state index in [-0.39, 0.29) is 0 Å². The molecule has 2 heterocycles. The number of aliphatic hydroxyl groups is 1. The summed E-state index contributed by atoms with van der Waals surface area (Å²) in [6, 6.07) is 0. The zero-order valence-corrected chi connectivity index (χ0v) is 9.10. The molecule has 4 nitrogen and oxygen atoms in total. The van der Waals surface area contributed by atoms with Gasteiger partial charge in [-0.25, -0.2) is 0 Å². The van der Waals surface area contributed by atoms with E-state index in [9.17, 15) is 5.11 Å². The van der Waals surface area contributed by atoms with E-state index in [1.807, 2.05) is 14.0 Å². The number of hydrogen-bond acceptors (Lipinski definition) is 3. The van der Waals surface area contributed by atoms with Gasteiger partial charge < -0.3 is 10.4 Å². The average molecular weight is 216 g/mol. The quantitative estimate of drug-likeness (QED) is 0.744. The van der Waals surface area contributed by atoms with E-state index < -0.39 is 5.60 Å². The first-order valence-corrected chi connectivity index (χ1v) is 5.01. The van der Waals surface area contributed by atoms with Gasteiger partial charge in [-0.15, -0.1) is 0 Å². The minimum atomic E-state index is -0.635. The predicted molar refractivity (Wildman–Crippen MR) is 54.5 cm³/mol. The average Bonchev–Trinajstić information content (AvgIpc) is 2.29. The number of aryl methyl sites for hydroxylation is 2. The van der Waals surface area contributed by atoms with E-state index in [1.165, 1.54) is 0 Å². The summed E-state index contributed by atoms with van der Waals surface area (Å²) in [7, 11) is 1.85. The molecule has 14 heavy (non-hydrogen) atoms. The Bertz CT molecular complexity index is 357. The van der Waals surface area contributed by atoms with Gasteiger partial charge in [-0.1, -0.05) is 11.6 Å². The van der Waals surface area contributed by atoms with Crippen molar-refractivity contribution in [1.29, 1.82) is 0 Å². The fourth-order valence-corrected chi connectivity index (χ4v) is 1.95. The molecule has 0 bridgehead atoms. The predicted octanol–water partition coefficient (Wildman–Crippen LogP) is 0.259. The van der Waals surface area contributed by atoms with Crippen molar-refractivity contribution in [3.05, 3.63) is 16.4 Å². The maximum absolute atomic E-state index is 9.96. The Kier molecular flexibility index (Phi) is 2.29. The summed E-state index contributed by atoms with van der Waals surface area (Å²) >= 11 is 6.09. The van der Waals surface area contributed by atoms with Crippen molar-refractivity contribution in [3.63, 3.8) is 0 Å². The van der Waals surface area contributed by atoms with E-state index in [2.05, 4.69) is 10.4 Å². The van der Waals surface area contributed by atoms with Gasteiger partial charge in [0.05, 0.1) is 22.0 Å². The highest BCUT2D eigenvalue weighted by atomic mass is 35.5. The topological polar surface area (TPSA) is 50.1 Å². The van der Waals surface area contributed by atoms with Gasteiger partial charge in [0.2, 0.25) is 0 Å². The van der Waals surface area contributed by atoms with Crippen LogP contribution in [0.2, 0.25) is 5.02 Å². The lowest BCUT2D eigenvalue weighted by atomic mass is 9.91. The molecule has 1 aliphatic heterocycles. The molecule has 1 aliphatic rings. The van der Waals surface area contributed by atoms with Gasteiger partial charge in [0.15, 0.2) is 0 Å². The summed E-state index contributed by atoms with van der Waals surface area (Å²) in [5, 5.41) is 17.9. The fraction of sp³-hybridized carbons (Fsp3) is 0.667. The first-order chi connectivity index (χ1) is 6.52. The van der Waals surface area contributed by atoms with E-state index in [4.69, 9.17) is 11.6 Å². The van der Waals surface area contributed by atoms with Crippen molar-refractivity contribution < 1.29 is 5.11 Å². The lowest BCUT2D eigenvalue weighted by Crippen LogP contribution is -2.60. The summed E-state index contributed by atoms with van der Waals surface area (Å²) in [6.45, 7) is 3.13. The maximum atomic E-state index is 9.96. The van der Waals surface area contributed by atoms with E-state index in [1.54, 1.807) is 4.68 Å².